The number of alkyl halides is 3. The number of amides is 2. The number of hydrogen-bond acceptors (Lipinski definition) is 4. The molecule has 0 saturated carbocycles. The van der Waals surface area contributed by atoms with Gasteiger partial charge in [-0.15, -0.1) is 0 Å². The lowest BCUT2D eigenvalue weighted by Gasteiger charge is -2.11. The van der Waals surface area contributed by atoms with Gasteiger partial charge in [-0.25, -0.2) is 0 Å². The van der Waals surface area contributed by atoms with Crippen LogP contribution in [0, 0.1) is 0 Å². The summed E-state index contributed by atoms with van der Waals surface area (Å²) in [6, 6.07) is 17.0. The predicted octanol–water partition coefficient (Wildman–Crippen LogP) is 4.98. The monoisotopic (exact) mass is 444 g/mol. The zero-order chi connectivity index (χ0) is 23.1. The number of carbonyl (C=O) groups excluding carboxylic acids is 2. The van der Waals surface area contributed by atoms with Crippen molar-refractivity contribution in [1.82, 2.24) is 0 Å². The maximum atomic E-state index is 12.8. The summed E-state index contributed by atoms with van der Waals surface area (Å²) in [4.78, 5) is 24.6. The average molecular weight is 444 g/mol. The van der Waals surface area contributed by atoms with Crippen molar-refractivity contribution in [3.05, 3.63) is 83.9 Å². The van der Waals surface area contributed by atoms with Crippen LogP contribution in [-0.4, -0.2) is 25.5 Å². The van der Waals surface area contributed by atoms with Crippen molar-refractivity contribution in [2.24, 2.45) is 0 Å². The SMILES string of the molecule is COc1ccc(OCC(=O)Nc2cccc(C(=O)Nc3cccc(C(F)(F)F)c3)c2)cc1. The van der Waals surface area contributed by atoms with Crippen LogP contribution in [0.2, 0.25) is 0 Å². The Morgan fingerprint density at radius 3 is 2.12 bits per heavy atom. The minimum Gasteiger partial charge on any atom is -0.497 e. The number of benzene rings is 3. The molecule has 0 fully saturated rings. The molecule has 32 heavy (non-hydrogen) atoms. The van der Waals surface area contributed by atoms with Gasteiger partial charge in [-0.2, -0.15) is 13.2 Å². The molecule has 2 N–H and O–H groups in total. The highest BCUT2D eigenvalue weighted by molar-refractivity contribution is 6.05. The lowest BCUT2D eigenvalue weighted by Crippen LogP contribution is -2.20. The summed E-state index contributed by atoms with van der Waals surface area (Å²) >= 11 is 0. The zero-order valence-corrected chi connectivity index (χ0v) is 16.9. The molecule has 0 unspecified atom stereocenters. The van der Waals surface area contributed by atoms with Crippen molar-refractivity contribution >= 4 is 23.2 Å². The summed E-state index contributed by atoms with van der Waals surface area (Å²) in [6.45, 7) is -0.257. The molecule has 0 aromatic heterocycles. The molecule has 0 atom stereocenters. The van der Waals surface area contributed by atoms with Gasteiger partial charge in [0, 0.05) is 16.9 Å². The van der Waals surface area contributed by atoms with Gasteiger partial charge in [0.15, 0.2) is 6.61 Å². The van der Waals surface area contributed by atoms with Crippen molar-refractivity contribution in [2.75, 3.05) is 24.4 Å². The lowest BCUT2D eigenvalue weighted by molar-refractivity contribution is -0.137. The summed E-state index contributed by atoms with van der Waals surface area (Å²) in [7, 11) is 1.54. The maximum absolute atomic E-state index is 12.8. The molecule has 3 aromatic rings. The minimum atomic E-state index is -4.52. The highest BCUT2D eigenvalue weighted by Crippen LogP contribution is 2.30. The Labute approximate surface area is 182 Å². The largest absolute Gasteiger partial charge is 0.497 e. The smallest absolute Gasteiger partial charge is 0.416 e. The minimum absolute atomic E-state index is 0.00663. The van der Waals surface area contributed by atoms with Gasteiger partial charge in [0.05, 0.1) is 12.7 Å². The molecule has 0 saturated heterocycles. The predicted molar refractivity (Wildman–Crippen MR) is 113 cm³/mol. The van der Waals surface area contributed by atoms with E-state index in [0.717, 1.165) is 12.1 Å². The van der Waals surface area contributed by atoms with Gasteiger partial charge in [0.25, 0.3) is 11.8 Å². The molecule has 3 rings (SSSR count). The second kappa shape index (κ2) is 9.86. The number of ether oxygens (including phenoxy) is 2. The first kappa shape index (κ1) is 22.7. The number of methoxy groups -OCH3 is 1. The highest BCUT2D eigenvalue weighted by atomic mass is 19.4. The third kappa shape index (κ3) is 6.24. The van der Waals surface area contributed by atoms with Crippen molar-refractivity contribution in [3.8, 4) is 11.5 Å². The Bertz CT molecular complexity index is 1100. The fourth-order valence-electron chi connectivity index (χ4n) is 2.73. The van der Waals surface area contributed by atoms with E-state index in [0.29, 0.717) is 17.2 Å². The van der Waals surface area contributed by atoms with E-state index in [9.17, 15) is 22.8 Å². The first-order valence-electron chi connectivity index (χ1n) is 9.40. The Balaban J connectivity index is 1.59. The van der Waals surface area contributed by atoms with Gasteiger partial charge >= 0.3 is 6.18 Å². The fourth-order valence-corrected chi connectivity index (χ4v) is 2.73. The normalized spacial score (nSPS) is 10.9. The second-order valence-electron chi connectivity index (χ2n) is 6.63. The molecule has 3 aromatic carbocycles. The Morgan fingerprint density at radius 1 is 0.844 bits per heavy atom. The van der Waals surface area contributed by atoms with E-state index in [2.05, 4.69) is 10.6 Å². The van der Waals surface area contributed by atoms with E-state index < -0.39 is 23.6 Å². The van der Waals surface area contributed by atoms with Crippen LogP contribution >= 0.6 is 0 Å². The number of hydrogen-bond donors (Lipinski definition) is 2. The van der Waals surface area contributed by atoms with E-state index in [1.807, 2.05) is 0 Å². The number of nitrogens with one attached hydrogen (secondary N) is 2. The molecule has 0 bridgehead atoms. The molecular formula is C23H19F3N2O4. The Kier molecular flexibility index (Phi) is 6.99. The van der Waals surface area contributed by atoms with Crippen molar-refractivity contribution < 1.29 is 32.2 Å². The molecule has 0 heterocycles. The Morgan fingerprint density at radius 2 is 1.47 bits per heavy atom. The Hall–Kier alpha value is -4.01. The standard InChI is InChI=1S/C23H19F3N2O4/c1-31-19-8-10-20(11-9-19)32-14-21(29)27-17-6-2-4-15(12-17)22(30)28-18-7-3-5-16(13-18)23(24,25)26/h2-13H,14H2,1H3,(H,27,29)(H,28,30). The van der Waals surface area contributed by atoms with Crippen LogP contribution in [0.4, 0.5) is 24.5 Å². The number of halogens is 3. The molecule has 6 nitrogen and oxygen atoms in total. The van der Waals surface area contributed by atoms with Gasteiger partial charge in [0.1, 0.15) is 11.5 Å². The number of carbonyl (C=O) groups is 2. The molecule has 0 aliphatic rings. The second-order valence-corrected chi connectivity index (χ2v) is 6.63. The van der Waals surface area contributed by atoms with E-state index >= 15 is 0 Å². The van der Waals surface area contributed by atoms with E-state index in [1.54, 1.807) is 36.4 Å². The first-order chi connectivity index (χ1) is 15.2. The molecular weight excluding hydrogens is 425 g/mol. The van der Waals surface area contributed by atoms with Crippen molar-refractivity contribution in [2.45, 2.75) is 6.18 Å². The molecule has 0 aliphatic heterocycles. The molecule has 0 spiro atoms. The van der Waals surface area contributed by atoms with Crippen LogP contribution in [0.1, 0.15) is 15.9 Å². The summed E-state index contributed by atoms with van der Waals surface area (Å²) in [5.41, 5.74) is -0.360. The summed E-state index contributed by atoms with van der Waals surface area (Å²) < 4.78 is 49.0. The van der Waals surface area contributed by atoms with E-state index in [4.69, 9.17) is 9.47 Å². The molecule has 0 aliphatic carbocycles. The van der Waals surface area contributed by atoms with Gasteiger partial charge < -0.3 is 20.1 Å². The molecule has 2 amide bonds. The van der Waals surface area contributed by atoms with Gasteiger partial charge in [-0.1, -0.05) is 12.1 Å². The third-order valence-electron chi connectivity index (χ3n) is 4.29. The zero-order valence-electron chi connectivity index (χ0n) is 16.9. The van der Waals surface area contributed by atoms with Gasteiger partial charge in [-0.3, -0.25) is 9.59 Å². The van der Waals surface area contributed by atoms with Crippen LogP contribution in [-0.2, 0) is 11.0 Å². The van der Waals surface area contributed by atoms with Crippen LogP contribution in [0.25, 0.3) is 0 Å². The average Bonchev–Trinajstić information content (AvgIpc) is 2.78. The molecule has 9 heteroatoms. The lowest BCUT2D eigenvalue weighted by atomic mass is 10.1. The maximum Gasteiger partial charge on any atom is 0.416 e. The van der Waals surface area contributed by atoms with Gasteiger partial charge in [0.2, 0.25) is 0 Å². The summed E-state index contributed by atoms with van der Waals surface area (Å²) in [5, 5.41) is 5.03. The van der Waals surface area contributed by atoms with Crippen LogP contribution in [0.5, 0.6) is 11.5 Å². The highest BCUT2D eigenvalue weighted by Gasteiger charge is 2.30. The van der Waals surface area contributed by atoms with Crippen molar-refractivity contribution in [3.63, 3.8) is 0 Å². The topological polar surface area (TPSA) is 76.7 Å². The van der Waals surface area contributed by atoms with E-state index in [-0.39, 0.29) is 17.9 Å². The van der Waals surface area contributed by atoms with Crippen LogP contribution in [0.15, 0.2) is 72.8 Å². The fraction of sp³-hybridized carbons (Fsp3) is 0.130. The first-order valence-corrected chi connectivity index (χ1v) is 9.40. The van der Waals surface area contributed by atoms with Crippen LogP contribution < -0.4 is 20.1 Å². The number of rotatable bonds is 7. The molecule has 166 valence electrons. The van der Waals surface area contributed by atoms with Crippen LogP contribution in [0.3, 0.4) is 0 Å². The third-order valence-corrected chi connectivity index (χ3v) is 4.29. The quantitative estimate of drug-likeness (QED) is 0.539. The number of anilines is 2. The molecule has 0 radical (unpaired) electrons. The van der Waals surface area contributed by atoms with Crippen molar-refractivity contribution in [1.29, 1.82) is 0 Å². The van der Waals surface area contributed by atoms with Gasteiger partial charge in [-0.05, 0) is 60.7 Å². The van der Waals surface area contributed by atoms with E-state index in [1.165, 1.54) is 31.4 Å². The summed E-state index contributed by atoms with van der Waals surface area (Å²) in [6.07, 6.45) is -4.52. The summed E-state index contributed by atoms with van der Waals surface area (Å²) in [5.74, 6) is 0.0725.